The van der Waals surface area contributed by atoms with Crippen molar-refractivity contribution in [1.29, 1.82) is 0 Å². The monoisotopic (exact) mass is 404 g/mol. The standard InChI is InChI=1S/C23H24N4O3/c1-16-14-26(23(28)18-8-9-19-20(13-18)30-12-11-29-19)15-22-25-24-21(27(16)22)10-7-17-5-3-2-4-6-17/h2-6,8-9,13,16H,7,10-12,14-15H2,1H3/t16-/m0/s1. The second kappa shape index (κ2) is 7.82. The third-order valence-electron chi connectivity index (χ3n) is 5.65. The summed E-state index contributed by atoms with van der Waals surface area (Å²) in [6.07, 6.45) is 1.75. The Kier molecular flexibility index (Phi) is 4.86. The summed E-state index contributed by atoms with van der Waals surface area (Å²) in [5.41, 5.74) is 1.89. The van der Waals surface area contributed by atoms with Gasteiger partial charge in [-0.1, -0.05) is 30.3 Å². The number of benzene rings is 2. The number of nitrogens with zero attached hydrogens (tertiary/aromatic N) is 4. The fraction of sp³-hybridized carbons (Fsp3) is 0.348. The second-order valence-electron chi connectivity index (χ2n) is 7.78. The molecule has 0 bridgehead atoms. The minimum absolute atomic E-state index is 0.0288. The van der Waals surface area contributed by atoms with E-state index in [1.807, 2.05) is 11.0 Å². The fourth-order valence-corrected chi connectivity index (χ4v) is 4.20. The maximum absolute atomic E-state index is 13.1. The quantitative estimate of drug-likeness (QED) is 0.669. The molecule has 1 atom stereocenters. The van der Waals surface area contributed by atoms with Crippen LogP contribution in [0, 0.1) is 0 Å². The van der Waals surface area contributed by atoms with Crippen LogP contribution in [0.25, 0.3) is 0 Å². The van der Waals surface area contributed by atoms with E-state index in [1.54, 1.807) is 18.2 Å². The van der Waals surface area contributed by atoms with E-state index in [0.717, 1.165) is 24.5 Å². The van der Waals surface area contributed by atoms with Gasteiger partial charge in [-0.25, -0.2) is 0 Å². The van der Waals surface area contributed by atoms with Crippen LogP contribution in [0.3, 0.4) is 0 Å². The molecule has 3 aromatic rings. The molecule has 154 valence electrons. The molecule has 2 aromatic carbocycles. The maximum atomic E-state index is 13.1. The zero-order chi connectivity index (χ0) is 20.5. The van der Waals surface area contributed by atoms with E-state index in [1.165, 1.54) is 5.56 Å². The van der Waals surface area contributed by atoms with E-state index in [2.05, 4.69) is 46.0 Å². The Labute approximate surface area is 175 Å². The predicted molar refractivity (Wildman–Crippen MR) is 111 cm³/mol. The van der Waals surface area contributed by atoms with Crippen LogP contribution in [0.2, 0.25) is 0 Å². The maximum Gasteiger partial charge on any atom is 0.254 e. The van der Waals surface area contributed by atoms with Crippen LogP contribution in [0.5, 0.6) is 11.5 Å². The number of hydrogen-bond acceptors (Lipinski definition) is 5. The average Bonchev–Trinajstić information content (AvgIpc) is 3.21. The Bertz CT molecular complexity index is 1060. The molecule has 0 radical (unpaired) electrons. The summed E-state index contributed by atoms with van der Waals surface area (Å²) in [6.45, 7) is 4.22. The lowest BCUT2D eigenvalue weighted by Gasteiger charge is -2.33. The Morgan fingerprint density at radius 2 is 1.83 bits per heavy atom. The smallest absolute Gasteiger partial charge is 0.254 e. The van der Waals surface area contributed by atoms with Gasteiger partial charge in [-0.2, -0.15) is 0 Å². The number of rotatable bonds is 4. The summed E-state index contributed by atoms with van der Waals surface area (Å²) >= 11 is 0. The van der Waals surface area contributed by atoms with Crippen LogP contribution in [-0.2, 0) is 19.4 Å². The Hall–Kier alpha value is -3.35. The number of ether oxygens (including phenoxy) is 2. The topological polar surface area (TPSA) is 69.5 Å². The van der Waals surface area contributed by atoms with Crippen LogP contribution in [0.15, 0.2) is 48.5 Å². The minimum Gasteiger partial charge on any atom is -0.486 e. The van der Waals surface area contributed by atoms with Crippen LogP contribution >= 0.6 is 0 Å². The zero-order valence-electron chi connectivity index (χ0n) is 17.0. The van der Waals surface area contributed by atoms with Gasteiger partial charge in [0.2, 0.25) is 0 Å². The Morgan fingerprint density at radius 1 is 1.03 bits per heavy atom. The van der Waals surface area contributed by atoms with Crippen molar-refractivity contribution < 1.29 is 14.3 Å². The summed E-state index contributed by atoms with van der Waals surface area (Å²) in [6, 6.07) is 15.9. The second-order valence-corrected chi connectivity index (χ2v) is 7.78. The number of carbonyl (C=O) groups is 1. The lowest BCUT2D eigenvalue weighted by Crippen LogP contribution is -2.40. The summed E-state index contributed by atoms with van der Waals surface area (Å²) in [7, 11) is 0. The summed E-state index contributed by atoms with van der Waals surface area (Å²) in [4.78, 5) is 15.0. The molecule has 0 unspecified atom stereocenters. The van der Waals surface area contributed by atoms with Gasteiger partial charge in [-0.05, 0) is 37.1 Å². The molecule has 7 heteroatoms. The van der Waals surface area contributed by atoms with E-state index >= 15 is 0 Å². The number of aromatic nitrogens is 3. The lowest BCUT2D eigenvalue weighted by molar-refractivity contribution is 0.0678. The highest BCUT2D eigenvalue weighted by molar-refractivity contribution is 5.95. The predicted octanol–water partition coefficient (Wildman–Crippen LogP) is 3.05. The molecule has 7 nitrogen and oxygen atoms in total. The van der Waals surface area contributed by atoms with Crippen LogP contribution in [0.4, 0.5) is 0 Å². The van der Waals surface area contributed by atoms with Gasteiger partial charge in [0.25, 0.3) is 5.91 Å². The van der Waals surface area contributed by atoms with E-state index in [4.69, 9.17) is 9.47 Å². The number of hydrogen-bond donors (Lipinski definition) is 0. The van der Waals surface area contributed by atoms with Gasteiger partial charge in [0.05, 0.1) is 12.6 Å². The third kappa shape index (κ3) is 3.51. The van der Waals surface area contributed by atoms with E-state index in [9.17, 15) is 4.79 Å². The molecular weight excluding hydrogens is 380 g/mol. The summed E-state index contributed by atoms with van der Waals surface area (Å²) in [5.74, 6) is 3.10. The molecular formula is C23H24N4O3. The van der Waals surface area contributed by atoms with Crippen molar-refractivity contribution in [3.8, 4) is 11.5 Å². The molecule has 0 N–H and O–H groups in total. The summed E-state index contributed by atoms with van der Waals surface area (Å²) in [5, 5.41) is 8.82. The molecule has 3 heterocycles. The van der Waals surface area contributed by atoms with Gasteiger partial charge in [0.1, 0.15) is 19.0 Å². The van der Waals surface area contributed by atoms with Crippen molar-refractivity contribution in [3.63, 3.8) is 0 Å². The average molecular weight is 404 g/mol. The number of carbonyl (C=O) groups excluding carboxylic acids is 1. The third-order valence-corrected chi connectivity index (χ3v) is 5.65. The van der Waals surface area contributed by atoms with Gasteiger partial charge >= 0.3 is 0 Å². The molecule has 2 aliphatic heterocycles. The highest BCUT2D eigenvalue weighted by Crippen LogP contribution is 2.32. The normalized spacial score (nSPS) is 17.5. The van der Waals surface area contributed by atoms with Crippen LogP contribution in [-0.4, -0.2) is 45.3 Å². The first-order valence-electron chi connectivity index (χ1n) is 10.3. The van der Waals surface area contributed by atoms with Gasteiger partial charge in [0, 0.05) is 18.5 Å². The van der Waals surface area contributed by atoms with E-state index < -0.39 is 0 Å². The number of fused-ring (bicyclic) bond motifs is 2. The van der Waals surface area contributed by atoms with E-state index in [0.29, 0.717) is 43.4 Å². The Balaban J connectivity index is 1.32. The molecule has 1 aromatic heterocycles. The van der Waals surface area contributed by atoms with Crippen LogP contribution < -0.4 is 9.47 Å². The van der Waals surface area contributed by atoms with Crippen LogP contribution in [0.1, 0.15) is 40.5 Å². The van der Waals surface area contributed by atoms with Gasteiger partial charge < -0.3 is 18.9 Å². The molecule has 0 saturated heterocycles. The molecule has 0 spiro atoms. The van der Waals surface area contributed by atoms with Crippen molar-refractivity contribution in [2.24, 2.45) is 0 Å². The van der Waals surface area contributed by atoms with Gasteiger partial charge in [-0.15, -0.1) is 10.2 Å². The van der Waals surface area contributed by atoms with Crippen molar-refractivity contribution in [3.05, 3.63) is 71.3 Å². The first-order valence-corrected chi connectivity index (χ1v) is 10.3. The molecule has 2 aliphatic rings. The minimum atomic E-state index is -0.0288. The molecule has 0 fully saturated rings. The fourth-order valence-electron chi connectivity index (χ4n) is 4.20. The van der Waals surface area contributed by atoms with Gasteiger partial charge in [-0.3, -0.25) is 4.79 Å². The van der Waals surface area contributed by atoms with Crippen molar-refractivity contribution >= 4 is 5.91 Å². The Morgan fingerprint density at radius 3 is 2.67 bits per heavy atom. The molecule has 30 heavy (non-hydrogen) atoms. The first-order chi connectivity index (χ1) is 14.7. The zero-order valence-corrected chi connectivity index (χ0v) is 17.0. The van der Waals surface area contributed by atoms with Crippen molar-refractivity contribution in [1.82, 2.24) is 19.7 Å². The molecule has 1 amide bonds. The summed E-state index contributed by atoms with van der Waals surface area (Å²) < 4.78 is 13.4. The highest BCUT2D eigenvalue weighted by Gasteiger charge is 2.30. The molecule has 0 saturated carbocycles. The largest absolute Gasteiger partial charge is 0.486 e. The van der Waals surface area contributed by atoms with E-state index in [-0.39, 0.29) is 11.9 Å². The van der Waals surface area contributed by atoms with Crippen molar-refractivity contribution in [2.45, 2.75) is 32.4 Å². The number of aryl methyl sites for hydroxylation is 2. The molecule has 0 aliphatic carbocycles. The van der Waals surface area contributed by atoms with Crippen molar-refractivity contribution in [2.75, 3.05) is 19.8 Å². The first kappa shape index (κ1) is 18.7. The SMILES string of the molecule is C[C@H]1CN(C(=O)c2ccc3c(c2)OCCO3)Cc2nnc(CCc3ccccc3)n21. The lowest BCUT2D eigenvalue weighted by atomic mass is 10.1. The number of amides is 1. The molecule has 5 rings (SSSR count). The van der Waals surface area contributed by atoms with Gasteiger partial charge in [0.15, 0.2) is 17.3 Å². The highest BCUT2D eigenvalue weighted by atomic mass is 16.6.